The van der Waals surface area contributed by atoms with Gasteiger partial charge in [0.25, 0.3) is 5.91 Å². The van der Waals surface area contributed by atoms with Crippen molar-refractivity contribution in [2.45, 2.75) is 13.8 Å². The Kier molecular flexibility index (Phi) is 5.04. The number of benzene rings is 1. The fourth-order valence-corrected chi connectivity index (χ4v) is 2.30. The number of anilines is 1. The van der Waals surface area contributed by atoms with Gasteiger partial charge in [0.1, 0.15) is 16.1 Å². The van der Waals surface area contributed by atoms with E-state index in [4.69, 9.17) is 27.9 Å². The first-order chi connectivity index (χ1) is 9.99. The quantitative estimate of drug-likeness (QED) is 0.851. The average molecular weight is 325 g/mol. The summed E-state index contributed by atoms with van der Waals surface area (Å²) in [7, 11) is 0. The molecule has 4 nitrogen and oxygen atoms in total. The van der Waals surface area contributed by atoms with Crippen LogP contribution < -0.4 is 10.1 Å². The standard InChI is InChI=1S/C15H14Cl2N2O2/c1-3-21-12-5-4-11(6-9(12)2)18-15(20)10-7-13(16)19-14(17)8-10/h4-8H,3H2,1-2H3,(H,18,20). The summed E-state index contributed by atoms with van der Waals surface area (Å²) in [6, 6.07) is 8.36. The summed E-state index contributed by atoms with van der Waals surface area (Å²) < 4.78 is 5.46. The molecule has 1 aromatic carbocycles. The highest BCUT2D eigenvalue weighted by atomic mass is 35.5. The maximum Gasteiger partial charge on any atom is 0.255 e. The number of aryl methyl sites for hydroxylation is 1. The maximum absolute atomic E-state index is 12.2. The minimum absolute atomic E-state index is 0.176. The fraction of sp³-hybridized carbons (Fsp3) is 0.200. The Bertz CT molecular complexity index is 654. The second kappa shape index (κ2) is 6.78. The number of nitrogens with one attached hydrogen (secondary N) is 1. The van der Waals surface area contributed by atoms with Crippen molar-refractivity contribution in [2.75, 3.05) is 11.9 Å². The van der Waals surface area contributed by atoms with Gasteiger partial charge in [0, 0.05) is 11.3 Å². The number of hydrogen-bond donors (Lipinski definition) is 1. The zero-order chi connectivity index (χ0) is 15.4. The number of nitrogens with zero attached hydrogens (tertiary/aromatic N) is 1. The first-order valence-electron chi connectivity index (χ1n) is 6.37. The van der Waals surface area contributed by atoms with Crippen molar-refractivity contribution in [1.29, 1.82) is 0 Å². The van der Waals surface area contributed by atoms with Crippen molar-refractivity contribution in [2.24, 2.45) is 0 Å². The lowest BCUT2D eigenvalue weighted by molar-refractivity contribution is 0.102. The summed E-state index contributed by atoms with van der Waals surface area (Å²) in [6.45, 7) is 4.44. The zero-order valence-electron chi connectivity index (χ0n) is 11.6. The highest BCUT2D eigenvalue weighted by Gasteiger charge is 2.10. The van der Waals surface area contributed by atoms with Gasteiger partial charge in [-0.2, -0.15) is 0 Å². The Labute approximate surface area is 133 Å². The van der Waals surface area contributed by atoms with Crippen LogP contribution in [0.4, 0.5) is 5.69 Å². The van der Waals surface area contributed by atoms with Crippen molar-refractivity contribution in [1.82, 2.24) is 4.98 Å². The molecule has 0 bridgehead atoms. The SMILES string of the molecule is CCOc1ccc(NC(=O)c2cc(Cl)nc(Cl)c2)cc1C. The first-order valence-corrected chi connectivity index (χ1v) is 7.13. The lowest BCUT2D eigenvalue weighted by atomic mass is 10.2. The van der Waals surface area contributed by atoms with Crippen LogP contribution in [0.5, 0.6) is 5.75 Å². The van der Waals surface area contributed by atoms with Gasteiger partial charge >= 0.3 is 0 Å². The van der Waals surface area contributed by atoms with Gasteiger partial charge in [0.15, 0.2) is 0 Å². The lowest BCUT2D eigenvalue weighted by Gasteiger charge is -2.10. The van der Waals surface area contributed by atoms with Crippen LogP contribution in [0.1, 0.15) is 22.8 Å². The Hall–Kier alpha value is -1.78. The molecule has 110 valence electrons. The molecular formula is C15H14Cl2N2O2. The number of aromatic nitrogens is 1. The normalized spacial score (nSPS) is 10.3. The summed E-state index contributed by atoms with van der Waals surface area (Å²) in [5.74, 6) is 0.496. The van der Waals surface area contributed by atoms with Crippen molar-refractivity contribution >= 4 is 34.8 Å². The molecular weight excluding hydrogens is 311 g/mol. The summed E-state index contributed by atoms with van der Waals surface area (Å²) in [4.78, 5) is 16.0. The van der Waals surface area contributed by atoms with E-state index in [1.54, 1.807) is 6.07 Å². The van der Waals surface area contributed by atoms with Gasteiger partial charge in [-0.25, -0.2) is 4.98 Å². The van der Waals surface area contributed by atoms with Crippen LogP contribution in [0.3, 0.4) is 0 Å². The third-order valence-electron chi connectivity index (χ3n) is 2.76. The molecule has 2 aromatic rings. The monoisotopic (exact) mass is 324 g/mol. The molecule has 0 aliphatic rings. The molecule has 0 unspecified atom stereocenters. The summed E-state index contributed by atoms with van der Waals surface area (Å²) in [6.07, 6.45) is 0. The van der Waals surface area contributed by atoms with Gasteiger partial charge < -0.3 is 10.1 Å². The Morgan fingerprint density at radius 3 is 2.48 bits per heavy atom. The van der Waals surface area contributed by atoms with Crippen molar-refractivity contribution in [3.8, 4) is 5.75 Å². The van der Waals surface area contributed by atoms with E-state index in [1.165, 1.54) is 12.1 Å². The van der Waals surface area contributed by atoms with Gasteiger partial charge in [0.05, 0.1) is 6.61 Å². The summed E-state index contributed by atoms with van der Waals surface area (Å²) in [5.41, 5.74) is 1.97. The number of rotatable bonds is 4. The smallest absolute Gasteiger partial charge is 0.255 e. The van der Waals surface area contributed by atoms with Crippen LogP contribution in [-0.4, -0.2) is 17.5 Å². The van der Waals surface area contributed by atoms with E-state index < -0.39 is 0 Å². The third-order valence-corrected chi connectivity index (χ3v) is 3.14. The molecule has 0 saturated heterocycles. The highest BCUT2D eigenvalue weighted by molar-refractivity contribution is 6.33. The predicted octanol–water partition coefficient (Wildman–Crippen LogP) is 4.35. The molecule has 0 radical (unpaired) electrons. The highest BCUT2D eigenvalue weighted by Crippen LogP contribution is 2.23. The van der Waals surface area contributed by atoms with Gasteiger partial charge in [-0.3, -0.25) is 4.79 Å². The largest absolute Gasteiger partial charge is 0.494 e. The van der Waals surface area contributed by atoms with E-state index in [-0.39, 0.29) is 16.2 Å². The fourth-order valence-electron chi connectivity index (χ4n) is 1.84. The van der Waals surface area contributed by atoms with Crippen molar-refractivity contribution in [3.05, 3.63) is 51.8 Å². The van der Waals surface area contributed by atoms with E-state index >= 15 is 0 Å². The number of amides is 1. The van der Waals surface area contributed by atoms with Crippen LogP contribution in [0, 0.1) is 6.92 Å². The molecule has 0 atom stereocenters. The topological polar surface area (TPSA) is 51.2 Å². The van der Waals surface area contributed by atoms with Crippen LogP contribution >= 0.6 is 23.2 Å². The number of carbonyl (C=O) groups is 1. The number of ether oxygens (including phenoxy) is 1. The van der Waals surface area contributed by atoms with Crippen LogP contribution in [0.25, 0.3) is 0 Å². The Morgan fingerprint density at radius 1 is 1.24 bits per heavy atom. The molecule has 0 fully saturated rings. The van der Waals surface area contributed by atoms with E-state index in [0.717, 1.165) is 11.3 Å². The minimum Gasteiger partial charge on any atom is -0.494 e. The first kappa shape index (κ1) is 15.6. The molecule has 1 N–H and O–H groups in total. The van der Waals surface area contributed by atoms with E-state index in [9.17, 15) is 4.79 Å². The molecule has 21 heavy (non-hydrogen) atoms. The van der Waals surface area contributed by atoms with Gasteiger partial charge in [-0.1, -0.05) is 23.2 Å². The predicted molar refractivity (Wildman–Crippen MR) is 84.6 cm³/mol. The maximum atomic E-state index is 12.2. The molecule has 2 rings (SSSR count). The minimum atomic E-state index is -0.301. The Balaban J connectivity index is 2.17. The number of carbonyl (C=O) groups excluding carboxylic acids is 1. The van der Waals surface area contributed by atoms with Gasteiger partial charge in [0.2, 0.25) is 0 Å². The number of hydrogen-bond acceptors (Lipinski definition) is 3. The van der Waals surface area contributed by atoms with Crippen LogP contribution in [-0.2, 0) is 0 Å². The van der Waals surface area contributed by atoms with E-state index in [1.807, 2.05) is 26.0 Å². The molecule has 0 aliphatic carbocycles. The molecule has 1 amide bonds. The number of halogens is 2. The molecule has 0 saturated carbocycles. The van der Waals surface area contributed by atoms with Crippen molar-refractivity contribution in [3.63, 3.8) is 0 Å². The molecule has 6 heteroatoms. The summed E-state index contributed by atoms with van der Waals surface area (Å²) >= 11 is 11.6. The van der Waals surface area contributed by atoms with E-state index in [0.29, 0.717) is 17.9 Å². The Morgan fingerprint density at radius 2 is 1.90 bits per heavy atom. The second-order valence-electron chi connectivity index (χ2n) is 4.37. The average Bonchev–Trinajstić information content (AvgIpc) is 2.41. The van der Waals surface area contributed by atoms with Gasteiger partial charge in [-0.05, 0) is 49.7 Å². The second-order valence-corrected chi connectivity index (χ2v) is 5.14. The third kappa shape index (κ3) is 4.09. The number of pyridine rings is 1. The zero-order valence-corrected chi connectivity index (χ0v) is 13.1. The van der Waals surface area contributed by atoms with Crippen LogP contribution in [0.15, 0.2) is 30.3 Å². The molecule has 1 heterocycles. The van der Waals surface area contributed by atoms with Gasteiger partial charge in [-0.15, -0.1) is 0 Å². The molecule has 0 aliphatic heterocycles. The van der Waals surface area contributed by atoms with Crippen LogP contribution in [0.2, 0.25) is 10.3 Å². The lowest BCUT2D eigenvalue weighted by Crippen LogP contribution is -2.12. The summed E-state index contributed by atoms with van der Waals surface area (Å²) in [5, 5.41) is 3.14. The molecule has 0 spiro atoms. The molecule has 1 aromatic heterocycles. The van der Waals surface area contributed by atoms with Crippen molar-refractivity contribution < 1.29 is 9.53 Å². The van der Waals surface area contributed by atoms with E-state index in [2.05, 4.69) is 10.3 Å².